The van der Waals surface area contributed by atoms with Crippen molar-refractivity contribution in [2.45, 2.75) is 37.6 Å². The predicted octanol–water partition coefficient (Wildman–Crippen LogP) is 2.56. The quantitative estimate of drug-likeness (QED) is 0.885. The van der Waals surface area contributed by atoms with Crippen molar-refractivity contribution in [3.8, 4) is 0 Å². The van der Waals surface area contributed by atoms with Crippen molar-refractivity contribution in [2.24, 2.45) is 5.92 Å². The van der Waals surface area contributed by atoms with Crippen LogP contribution >= 0.6 is 0 Å². The molecule has 0 bridgehead atoms. The summed E-state index contributed by atoms with van der Waals surface area (Å²) in [5.41, 5.74) is 1.16. The molecule has 5 nitrogen and oxygen atoms in total. The van der Waals surface area contributed by atoms with Crippen LogP contribution in [-0.2, 0) is 0 Å². The van der Waals surface area contributed by atoms with Gasteiger partial charge < -0.3 is 5.32 Å². The van der Waals surface area contributed by atoms with Crippen molar-refractivity contribution in [2.75, 3.05) is 0 Å². The Morgan fingerprint density at radius 2 is 1.95 bits per heavy atom. The number of hydrogen-bond donors (Lipinski definition) is 2. The normalized spacial score (nSPS) is 19.2. The van der Waals surface area contributed by atoms with E-state index in [0.717, 1.165) is 24.2 Å². The number of amides is 1. The highest BCUT2D eigenvalue weighted by molar-refractivity contribution is 5.90. The van der Waals surface area contributed by atoms with Crippen LogP contribution in [0.25, 0.3) is 0 Å². The third kappa shape index (κ3) is 2.68. The molecule has 2 aromatic rings. The Morgan fingerprint density at radius 1 is 1.19 bits per heavy atom. The summed E-state index contributed by atoms with van der Waals surface area (Å²) < 4.78 is 0. The van der Waals surface area contributed by atoms with E-state index in [1.54, 1.807) is 0 Å². The Bertz CT molecular complexity index is 643. The van der Waals surface area contributed by atoms with Gasteiger partial charge in [0.05, 0.1) is 6.04 Å². The van der Waals surface area contributed by atoms with Crippen LogP contribution in [0.2, 0.25) is 0 Å². The average molecular weight is 282 g/mol. The number of H-pyrrole nitrogens is 1. The summed E-state index contributed by atoms with van der Waals surface area (Å²) in [7, 11) is 0. The third-order valence-electron chi connectivity index (χ3n) is 4.21. The maximum Gasteiger partial charge on any atom is 0.291 e. The van der Waals surface area contributed by atoms with Gasteiger partial charge in [-0.1, -0.05) is 30.3 Å². The molecule has 21 heavy (non-hydrogen) atoms. The molecule has 0 aliphatic heterocycles. The largest absolute Gasteiger partial charge is 0.342 e. The van der Waals surface area contributed by atoms with Gasteiger partial charge in [-0.3, -0.25) is 9.89 Å². The molecule has 4 rings (SSSR count). The van der Waals surface area contributed by atoms with Gasteiger partial charge in [0.25, 0.3) is 5.91 Å². The molecule has 0 saturated heterocycles. The summed E-state index contributed by atoms with van der Waals surface area (Å²) in [6.07, 6.45) is 4.62. The molecule has 2 N–H and O–H groups in total. The van der Waals surface area contributed by atoms with Gasteiger partial charge in [0.15, 0.2) is 0 Å². The lowest BCUT2D eigenvalue weighted by Crippen LogP contribution is -2.30. The van der Waals surface area contributed by atoms with E-state index in [-0.39, 0.29) is 17.8 Å². The van der Waals surface area contributed by atoms with Gasteiger partial charge >= 0.3 is 0 Å². The summed E-state index contributed by atoms with van der Waals surface area (Å²) in [4.78, 5) is 16.7. The van der Waals surface area contributed by atoms with Crippen LogP contribution in [0.3, 0.4) is 0 Å². The summed E-state index contributed by atoms with van der Waals surface area (Å²) in [6.45, 7) is 0. The molecule has 2 saturated carbocycles. The summed E-state index contributed by atoms with van der Waals surface area (Å²) >= 11 is 0. The maximum atomic E-state index is 12.4. The number of nitrogens with one attached hydrogen (secondary N) is 2. The van der Waals surface area contributed by atoms with Gasteiger partial charge in [-0.15, -0.1) is 5.10 Å². The predicted molar refractivity (Wildman–Crippen MR) is 77.7 cm³/mol. The molecule has 1 unspecified atom stereocenters. The van der Waals surface area contributed by atoms with Gasteiger partial charge in [0, 0.05) is 5.92 Å². The second kappa shape index (κ2) is 4.98. The van der Waals surface area contributed by atoms with Gasteiger partial charge in [0.1, 0.15) is 5.82 Å². The van der Waals surface area contributed by atoms with E-state index in [2.05, 4.69) is 32.6 Å². The molecule has 0 radical (unpaired) electrons. The van der Waals surface area contributed by atoms with Crippen molar-refractivity contribution >= 4 is 5.91 Å². The molecular weight excluding hydrogens is 264 g/mol. The molecule has 1 aromatic heterocycles. The molecule has 1 heterocycles. The topological polar surface area (TPSA) is 70.7 Å². The minimum absolute atomic E-state index is 0.0709. The second-order valence-electron chi connectivity index (χ2n) is 6.02. The monoisotopic (exact) mass is 282 g/mol. The summed E-state index contributed by atoms with van der Waals surface area (Å²) in [6, 6.07) is 10.2. The number of aromatic amines is 1. The number of carbonyl (C=O) groups excluding carboxylic acids is 1. The second-order valence-corrected chi connectivity index (χ2v) is 6.02. The van der Waals surface area contributed by atoms with Crippen LogP contribution in [0, 0.1) is 5.92 Å². The first kappa shape index (κ1) is 12.6. The smallest absolute Gasteiger partial charge is 0.291 e. The Hall–Kier alpha value is -2.17. The zero-order chi connectivity index (χ0) is 14.2. The fraction of sp³-hybridized carbons (Fsp3) is 0.438. The van der Waals surface area contributed by atoms with E-state index in [9.17, 15) is 4.79 Å². The lowest BCUT2D eigenvalue weighted by Gasteiger charge is -2.17. The highest BCUT2D eigenvalue weighted by Gasteiger charge is 2.34. The Balaban J connectivity index is 1.50. The van der Waals surface area contributed by atoms with Gasteiger partial charge in [-0.2, -0.15) is 0 Å². The molecule has 1 aromatic carbocycles. The number of hydrogen-bond acceptors (Lipinski definition) is 3. The van der Waals surface area contributed by atoms with Crippen molar-refractivity contribution in [3.63, 3.8) is 0 Å². The number of nitrogens with zero attached hydrogens (tertiary/aromatic N) is 2. The van der Waals surface area contributed by atoms with Crippen molar-refractivity contribution in [1.29, 1.82) is 0 Å². The molecule has 1 atom stereocenters. The Labute approximate surface area is 123 Å². The van der Waals surface area contributed by atoms with Gasteiger partial charge in [0.2, 0.25) is 5.82 Å². The summed E-state index contributed by atoms with van der Waals surface area (Å²) in [5.74, 6) is 1.95. The van der Waals surface area contributed by atoms with Crippen LogP contribution in [0.5, 0.6) is 0 Å². The zero-order valence-corrected chi connectivity index (χ0v) is 11.7. The van der Waals surface area contributed by atoms with Gasteiger partial charge in [-0.05, 0) is 37.2 Å². The minimum Gasteiger partial charge on any atom is -0.342 e. The molecule has 2 aliphatic rings. The molecule has 5 heteroatoms. The lowest BCUT2D eigenvalue weighted by molar-refractivity contribution is 0.0921. The number of aromatic nitrogens is 3. The highest BCUT2D eigenvalue weighted by atomic mass is 16.2. The fourth-order valence-electron chi connectivity index (χ4n) is 2.68. The van der Waals surface area contributed by atoms with Crippen LogP contribution in [-0.4, -0.2) is 21.1 Å². The number of carbonyl (C=O) groups is 1. The van der Waals surface area contributed by atoms with E-state index in [0.29, 0.717) is 11.8 Å². The first-order valence-corrected chi connectivity index (χ1v) is 7.59. The van der Waals surface area contributed by atoms with E-state index < -0.39 is 0 Å². The van der Waals surface area contributed by atoms with Crippen molar-refractivity contribution in [3.05, 3.63) is 47.5 Å². The van der Waals surface area contributed by atoms with Gasteiger partial charge in [-0.25, -0.2) is 4.98 Å². The number of benzene rings is 1. The van der Waals surface area contributed by atoms with E-state index in [1.165, 1.54) is 12.8 Å². The average Bonchev–Trinajstić information content (AvgIpc) is 3.44. The first-order valence-electron chi connectivity index (χ1n) is 7.59. The molecular formula is C16H18N4O. The first-order chi connectivity index (χ1) is 10.3. The maximum absolute atomic E-state index is 12.4. The lowest BCUT2D eigenvalue weighted by atomic mass is 10.0. The van der Waals surface area contributed by atoms with Crippen LogP contribution in [0.4, 0.5) is 0 Å². The third-order valence-corrected chi connectivity index (χ3v) is 4.21. The molecule has 1 amide bonds. The summed E-state index contributed by atoms with van der Waals surface area (Å²) in [5, 5.41) is 10.0. The van der Waals surface area contributed by atoms with E-state index in [1.807, 2.05) is 18.2 Å². The van der Waals surface area contributed by atoms with Crippen LogP contribution < -0.4 is 5.32 Å². The van der Waals surface area contributed by atoms with Crippen molar-refractivity contribution < 1.29 is 4.79 Å². The molecule has 108 valence electrons. The molecule has 2 aliphatic carbocycles. The van der Waals surface area contributed by atoms with Crippen molar-refractivity contribution in [1.82, 2.24) is 20.5 Å². The minimum atomic E-state index is -0.182. The molecule has 2 fully saturated rings. The zero-order valence-electron chi connectivity index (χ0n) is 11.7. The van der Waals surface area contributed by atoms with Crippen LogP contribution in [0.15, 0.2) is 30.3 Å². The standard InChI is InChI=1S/C16H18N4O/c21-16(15-18-14(19-20-15)12-8-9-12)17-13(11-6-7-11)10-4-2-1-3-5-10/h1-5,11-13H,6-9H2,(H,17,21)(H,18,19,20). The highest BCUT2D eigenvalue weighted by Crippen LogP contribution is 2.41. The fourth-order valence-corrected chi connectivity index (χ4v) is 2.68. The Morgan fingerprint density at radius 3 is 2.62 bits per heavy atom. The Kier molecular flexibility index (Phi) is 2.98. The SMILES string of the molecule is O=C(NC(c1ccccc1)C1CC1)c1n[nH]c(C2CC2)n1. The van der Waals surface area contributed by atoms with E-state index >= 15 is 0 Å². The number of rotatable bonds is 5. The van der Waals surface area contributed by atoms with E-state index in [4.69, 9.17) is 0 Å². The molecule has 0 spiro atoms. The van der Waals surface area contributed by atoms with Crippen LogP contribution in [0.1, 0.15) is 59.6 Å².